The van der Waals surface area contributed by atoms with Crippen LogP contribution in [0.1, 0.15) is 47.5 Å². The lowest BCUT2D eigenvalue weighted by atomic mass is 9.82. The molecule has 106 valence electrons. The summed E-state index contributed by atoms with van der Waals surface area (Å²) in [5.74, 6) is -0.237. The fourth-order valence-electron chi connectivity index (χ4n) is 2.10. The number of hydrogen-bond acceptors (Lipinski definition) is 3. The highest BCUT2D eigenvalue weighted by Gasteiger charge is 2.25. The first-order chi connectivity index (χ1) is 8.06. The highest BCUT2D eigenvalue weighted by Crippen LogP contribution is 2.26. The normalized spacial score (nSPS) is 11.9. The van der Waals surface area contributed by atoms with E-state index >= 15 is 0 Å². The van der Waals surface area contributed by atoms with Gasteiger partial charge in [0.1, 0.15) is 0 Å². The van der Waals surface area contributed by atoms with Crippen LogP contribution < -0.4 is 10.6 Å². The summed E-state index contributed by atoms with van der Waals surface area (Å²) in [7, 11) is 1.38. The van der Waals surface area contributed by atoms with Crippen LogP contribution in [0.3, 0.4) is 0 Å². The van der Waals surface area contributed by atoms with Crippen molar-refractivity contribution >= 4 is 23.3 Å². The first-order valence-corrected chi connectivity index (χ1v) is 6.59. The van der Waals surface area contributed by atoms with Gasteiger partial charge in [0.15, 0.2) is 5.11 Å². The van der Waals surface area contributed by atoms with Crippen LogP contribution >= 0.6 is 12.2 Å². The molecule has 0 bridgehead atoms. The van der Waals surface area contributed by atoms with Crippen molar-refractivity contribution in [3.63, 3.8) is 0 Å². The van der Waals surface area contributed by atoms with Gasteiger partial charge in [0, 0.05) is 12.1 Å². The monoisotopic (exact) mass is 274 g/mol. The lowest BCUT2D eigenvalue weighted by Crippen LogP contribution is -2.50. The van der Waals surface area contributed by atoms with Gasteiger partial charge in [0.05, 0.1) is 13.5 Å². The Morgan fingerprint density at radius 1 is 1.22 bits per heavy atom. The molecule has 0 saturated heterocycles. The minimum atomic E-state index is -0.237. The molecule has 0 radical (unpaired) electrons. The molecule has 18 heavy (non-hydrogen) atoms. The summed E-state index contributed by atoms with van der Waals surface area (Å²) in [4.78, 5) is 10.9. The topological polar surface area (TPSA) is 50.4 Å². The Hall–Kier alpha value is -0.840. The second kappa shape index (κ2) is 6.92. The molecule has 4 nitrogen and oxygen atoms in total. The summed E-state index contributed by atoms with van der Waals surface area (Å²) in [5, 5.41) is 6.86. The van der Waals surface area contributed by atoms with E-state index in [2.05, 4.69) is 50.0 Å². The molecule has 5 heteroatoms. The number of carbonyl (C=O) groups excluding carboxylic acids is 1. The molecule has 0 rings (SSSR count). The quantitative estimate of drug-likeness (QED) is 0.595. The van der Waals surface area contributed by atoms with Crippen LogP contribution in [0.2, 0.25) is 0 Å². The fraction of sp³-hybridized carbons (Fsp3) is 0.846. The Morgan fingerprint density at radius 2 is 1.78 bits per heavy atom. The van der Waals surface area contributed by atoms with Gasteiger partial charge in [-0.2, -0.15) is 0 Å². The highest BCUT2D eigenvalue weighted by molar-refractivity contribution is 7.80. The first kappa shape index (κ1) is 17.2. The minimum Gasteiger partial charge on any atom is -0.469 e. The third kappa shape index (κ3) is 9.22. The SMILES string of the molecule is COC(=O)CCNC(=S)NC(C)(C)CC(C)(C)C. The van der Waals surface area contributed by atoms with Crippen LogP contribution in [0.25, 0.3) is 0 Å². The number of methoxy groups -OCH3 is 1. The van der Waals surface area contributed by atoms with Crippen molar-refractivity contribution in [3.05, 3.63) is 0 Å². The molecule has 0 aromatic heterocycles. The molecule has 0 heterocycles. The molecule has 0 fully saturated rings. The van der Waals surface area contributed by atoms with Crippen molar-refractivity contribution in [1.82, 2.24) is 10.6 Å². The van der Waals surface area contributed by atoms with E-state index in [-0.39, 0.29) is 16.9 Å². The highest BCUT2D eigenvalue weighted by atomic mass is 32.1. The zero-order valence-electron chi connectivity index (χ0n) is 12.3. The maximum atomic E-state index is 10.9. The maximum absolute atomic E-state index is 10.9. The van der Waals surface area contributed by atoms with E-state index in [9.17, 15) is 4.79 Å². The molecule has 0 aliphatic heterocycles. The van der Waals surface area contributed by atoms with Crippen LogP contribution in [0, 0.1) is 5.41 Å². The van der Waals surface area contributed by atoms with Crippen LogP contribution in [0.15, 0.2) is 0 Å². The number of hydrogen-bond donors (Lipinski definition) is 2. The van der Waals surface area contributed by atoms with Gasteiger partial charge >= 0.3 is 5.97 Å². The second-order valence-electron chi connectivity index (χ2n) is 6.33. The molecule has 0 saturated carbocycles. The molecule has 0 spiro atoms. The van der Waals surface area contributed by atoms with Crippen LogP contribution in [-0.4, -0.2) is 30.3 Å². The number of carbonyl (C=O) groups is 1. The van der Waals surface area contributed by atoms with E-state index < -0.39 is 0 Å². The predicted octanol–water partition coefficient (Wildman–Crippen LogP) is 2.23. The molecule has 0 aliphatic carbocycles. The van der Waals surface area contributed by atoms with Crippen molar-refractivity contribution < 1.29 is 9.53 Å². The lowest BCUT2D eigenvalue weighted by Gasteiger charge is -2.34. The van der Waals surface area contributed by atoms with Crippen molar-refractivity contribution in [1.29, 1.82) is 0 Å². The van der Waals surface area contributed by atoms with Crippen molar-refractivity contribution in [2.75, 3.05) is 13.7 Å². The van der Waals surface area contributed by atoms with E-state index in [1.54, 1.807) is 0 Å². The van der Waals surface area contributed by atoms with Crippen LogP contribution in [0.5, 0.6) is 0 Å². The van der Waals surface area contributed by atoms with Gasteiger partial charge in [-0.15, -0.1) is 0 Å². The van der Waals surface area contributed by atoms with Gasteiger partial charge in [0.2, 0.25) is 0 Å². The number of esters is 1. The Bertz CT molecular complexity index is 296. The third-order valence-corrected chi connectivity index (χ3v) is 2.51. The third-order valence-electron chi connectivity index (χ3n) is 2.27. The molecule has 0 unspecified atom stereocenters. The summed E-state index contributed by atoms with van der Waals surface area (Å²) in [6, 6.07) is 0. The van der Waals surface area contributed by atoms with Gasteiger partial charge in [-0.05, 0) is 37.9 Å². The largest absolute Gasteiger partial charge is 0.469 e. The van der Waals surface area contributed by atoms with E-state index in [4.69, 9.17) is 12.2 Å². The summed E-state index contributed by atoms with van der Waals surface area (Å²) in [6.07, 6.45) is 1.32. The van der Waals surface area contributed by atoms with E-state index in [0.717, 1.165) is 6.42 Å². The summed E-state index contributed by atoms with van der Waals surface area (Å²) in [6.45, 7) is 11.3. The van der Waals surface area contributed by atoms with E-state index in [1.165, 1.54) is 7.11 Å². The Kier molecular flexibility index (Phi) is 6.60. The number of nitrogens with one attached hydrogen (secondary N) is 2. The molecular formula is C13H26N2O2S. The zero-order chi connectivity index (χ0) is 14.4. The lowest BCUT2D eigenvalue weighted by molar-refractivity contribution is -0.140. The summed E-state index contributed by atoms with van der Waals surface area (Å²) >= 11 is 5.21. The molecule has 0 aliphatic rings. The minimum absolute atomic E-state index is 0.0758. The van der Waals surface area contributed by atoms with Gasteiger partial charge in [-0.1, -0.05) is 20.8 Å². The van der Waals surface area contributed by atoms with Crippen molar-refractivity contribution in [2.45, 2.75) is 53.0 Å². The molecule has 0 atom stereocenters. The van der Waals surface area contributed by atoms with Gasteiger partial charge in [0.25, 0.3) is 0 Å². The Balaban J connectivity index is 4.03. The summed E-state index contributed by atoms with van der Waals surface area (Å²) < 4.78 is 4.56. The van der Waals surface area contributed by atoms with E-state index in [0.29, 0.717) is 18.1 Å². The molecule has 0 aromatic carbocycles. The number of rotatable bonds is 5. The number of ether oxygens (including phenoxy) is 1. The van der Waals surface area contributed by atoms with E-state index in [1.807, 2.05) is 0 Å². The van der Waals surface area contributed by atoms with Gasteiger partial charge in [-0.25, -0.2) is 0 Å². The Morgan fingerprint density at radius 3 is 2.22 bits per heavy atom. The molecule has 2 N–H and O–H groups in total. The van der Waals surface area contributed by atoms with Crippen molar-refractivity contribution in [2.24, 2.45) is 5.41 Å². The fourth-order valence-corrected chi connectivity index (χ4v) is 2.48. The molecule has 0 aromatic rings. The van der Waals surface area contributed by atoms with Gasteiger partial charge < -0.3 is 15.4 Å². The predicted molar refractivity (Wildman–Crippen MR) is 78.5 cm³/mol. The zero-order valence-corrected chi connectivity index (χ0v) is 13.2. The standard InChI is InChI=1S/C13H26N2O2S/c1-12(2,3)9-13(4,5)15-11(18)14-8-7-10(16)17-6/h7-9H2,1-6H3,(H2,14,15,18). The average Bonchev–Trinajstić information content (AvgIpc) is 2.12. The Labute approximate surface area is 116 Å². The second-order valence-corrected chi connectivity index (χ2v) is 6.74. The smallest absolute Gasteiger partial charge is 0.307 e. The van der Waals surface area contributed by atoms with Gasteiger partial charge in [-0.3, -0.25) is 4.79 Å². The van der Waals surface area contributed by atoms with Crippen LogP contribution in [0.4, 0.5) is 0 Å². The summed E-state index contributed by atoms with van der Waals surface area (Å²) in [5.41, 5.74) is 0.158. The first-order valence-electron chi connectivity index (χ1n) is 6.18. The average molecular weight is 274 g/mol. The molecular weight excluding hydrogens is 248 g/mol. The number of thiocarbonyl (C=S) groups is 1. The van der Waals surface area contributed by atoms with Crippen molar-refractivity contribution in [3.8, 4) is 0 Å². The molecule has 0 amide bonds. The maximum Gasteiger partial charge on any atom is 0.307 e. The van der Waals surface area contributed by atoms with Crippen LogP contribution in [-0.2, 0) is 9.53 Å².